The van der Waals surface area contributed by atoms with Gasteiger partial charge in [0.15, 0.2) is 0 Å². The van der Waals surface area contributed by atoms with Gasteiger partial charge >= 0.3 is 0 Å². The summed E-state index contributed by atoms with van der Waals surface area (Å²) in [5.74, 6) is 0.574. The fourth-order valence-electron chi connectivity index (χ4n) is 1.18. The van der Waals surface area contributed by atoms with Crippen LogP contribution in [0.1, 0.15) is 36.3 Å². The molecule has 0 atom stereocenters. The van der Waals surface area contributed by atoms with Gasteiger partial charge in [-0.3, -0.25) is 9.78 Å². The van der Waals surface area contributed by atoms with Crippen LogP contribution in [-0.4, -0.2) is 17.4 Å². The van der Waals surface area contributed by atoms with Gasteiger partial charge in [0.2, 0.25) is 0 Å². The first-order valence-electron chi connectivity index (χ1n) is 5.30. The second-order valence-electron chi connectivity index (χ2n) is 4.13. The largest absolute Gasteiger partial charge is 0.352 e. The van der Waals surface area contributed by atoms with Gasteiger partial charge in [-0.05, 0) is 31.4 Å². The lowest BCUT2D eigenvalue weighted by molar-refractivity contribution is 0.0951. The molecule has 1 heterocycles. The third-order valence-corrected chi connectivity index (χ3v) is 2.18. The highest BCUT2D eigenvalue weighted by atomic mass is 16.1. The summed E-state index contributed by atoms with van der Waals surface area (Å²) >= 11 is 0. The predicted molar refractivity (Wildman–Crippen MR) is 60.8 cm³/mol. The Morgan fingerprint density at radius 1 is 1.47 bits per heavy atom. The van der Waals surface area contributed by atoms with Crippen LogP contribution < -0.4 is 5.32 Å². The van der Waals surface area contributed by atoms with Gasteiger partial charge < -0.3 is 5.32 Å². The molecule has 1 rings (SSSR count). The zero-order valence-corrected chi connectivity index (χ0v) is 9.58. The number of amides is 1. The molecule has 0 radical (unpaired) electrons. The van der Waals surface area contributed by atoms with Crippen molar-refractivity contribution < 1.29 is 4.79 Å². The van der Waals surface area contributed by atoms with Crippen molar-refractivity contribution in [2.45, 2.75) is 27.2 Å². The highest BCUT2D eigenvalue weighted by Crippen LogP contribution is 2.00. The minimum Gasteiger partial charge on any atom is -0.352 e. The fourth-order valence-corrected chi connectivity index (χ4v) is 1.18. The van der Waals surface area contributed by atoms with Gasteiger partial charge in [-0.15, -0.1) is 0 Å². The minimum atomic E-state index is -0.0387. The number of nitrogens with zero attached hydrogens (tertiary/aromatic N) is 1. The molecule has 15 heavy (non-hydrogen) atoms. The zero-order valence-electron chi connectivity index (χ0n) is 9.58. The van der Waals surface area contributed by atoms with Gasteiger partial charge in [0.25, 0.3) is 5.91 Å². The average molecular weight is 206 g/mol. The van der Waals surface area contributed by atoms with Crippen LogP contribution in [0.2, 0.25) is 0 Å². The molecule has 1 aromatic heterocycles. The summed E-state index contributed by atoms with van der Waals surface area (Å²) in [6.07, 6.45) is 2.62. The van der Waals surface area contributed by atoms with Gasteiger partial charge in [0, 0.05) is 18.4 Å². The summed E-state index contributed by atoms with van der Waals surface area (Å²) in [6, 6.07) is 3.64. The maximum Gasteiger partial charge on any atom is 0.252 e. The van der Waals surface area contributed by atoms with Crippen molar-refractivity contribution in [3.8, 4) is 0 Å². The Morgan fingerprint density at radius 2 is 2.20 bits per heavy atom. The summed E-state index contributed by atoms with van der Waals surface area (Å²) in [6.45, 7) is 6.91. The molecule has 0 saturated heterocycles. The smallest absolute Gasteiger partial charge is 0.252 e. The fraction of sp³-hybridized carbons (Fsp3) is 0.500. The third kappa shape index (κ3) is 4.11. The average Bonchev–Trinajstić information content (AvgIpc) is 2.18. The predicted octanol–water partition coefficient (Wildman–Crippen LogP) is 2.17. The number of pyridine rings is 1. The highest BCUT2D eigenvalue weighted by molar-refractivity contribution is 5.93. The van der Waals surface area contributed by atoms with E-state index in [1.165, 1.54) is 0 Å². The van der Waals surface area contributed by atoms with Crippen molar-refractivity contribution in [2.24, 2.45) is 5.92 Å². The van der Waals surface area contributed by atoms with Gasteiger partial charge in [0.1, 0.15) is 0 Å². The van der Waals surface area contributed by atoms with Crippen LogP contribution in [0.25, 0.3) is 0 Å². The first kappa shape index (κ1) is 11.7. The second-order valence-corrected chi connectivity index (χ2v) is 4.13. The SMILES string of the molecule is Cc1ccc(C(=O)NCCC(C)C)cn1. The lowest BCUT2D eigenvalue weighted by atomic mass is 10.1. The Bertz CT molecular complexity index is 317. The molecular weight excluding hydrogens is 188 g/mol. The quantitative estimate of drug-likeness (QED) is 0.820. The van der Waals surface area contributed by atoms with Crippen molar-refractivity contribution >= 4 is 5.91 Å². The number of rotatable bonds is 4. The molecule has 1 amide bonds. The zero-order chi connectivity index (χ0) is 11.3. The number of aryl methyl sites for hydroxylation is 1. The molecule has 0 bridgehead atoms. The van der Waals surface area contributed by atoms with Crippen LogP contribution in [-0.2, 0) is 0 Å². The van der Waals surface area contributed by atoms with E-state index in [1.807, 2.05) is 13.0 Å². The molecule has 0 aliphatic rings. The molecule has 1 N–H and O–H groups in total. The van der Waals surface area contributed by atoms with Crippen LogP contribution in [0.15, 0.2) is 18.3 Å². The molecule has 0 saturated carbocycles. The maximum absolute atomic E-state index is 11.6. The summed E-state index contributed by atoms with van der Waals surface area (Å²) in [5, 5.41) is 2.87. The summed E-state index contributed by atoms with van der Waals surface area (Å²) < 4.78 is 0. The Hall–Kier alpha value is -1.38. The molecule has 3 nitrogen and oxygen atoms in total. The van der Waals surface area contributed by atoms with Crippen LogP contribution in [0.5, 0.6) is 0 Å². The number of hydrogen-bond donors (Lipinski definition) is 1. The molecule has 82 valence electrons. The Labute approximate surface area is 90.9 Å². The number of hydrogen-bond acceptors (Lipinski definition) is 2. The van der Waals surface area contributed by atoms with E-state index in [2.05, 4.69) is 24.1 Å². The standard InChI is InChI=1S/C12H18N2O/c1-9(2)6-7-13-12(15)11-5-4-10(3)14-8-11/h4-5,8-9H,6-7H2,1-3H3,(H,13,15). The van der Waals surface area contributed by atoms with Crippen molar-refractivity contribution in [1.29, 1.82) is 0 Å². The van der Waals surface area contributed by atoms with Crippen molar-refractivity contribution in [1.82, 2.24) is 10.3 Å². The van der Waals surface area contributed by atoms with E-state index < -0.39 is 0 Å². The van der Waals surface area contributed by atoms with E-state index in [9.17, 15) is 4.79 Å². The molecule has 0 aliphatic carbocycles. The molecule has 0 aliphatic heterocycles. The minimum absolute atomic E-state index is 0.0387. The topological polar surface area (TPSA) is 42.0 Å². The molecule has 3 heteroatoms. The Balaban J connectivity index is 2.43. The first-order valence-corrected chi connectivity index (χ1v) is 5.30. The first-order chi connectivity index (χ1) is 7.09. The van der Waals surface area contributed by atoms with Gasteiger partial charge in [-0.2, -0.15) is 0 Å². The van der Waals surface area contributed by atoms with Gasteiger partial charge in [-0.25, -0.2) is 0 Å². The van der Waals surface area contributed by atoms with E-state index in [4.69, 9.17) is 0 Å². The lowest BCUT2D eigenvalue weighted by Crippen LogP contribution is -2.25. The Morgan fingerprint density at radius 3 is 2.73 bits per heavy atom. The second kappa shape index (κ2) is 5.49. The lowest BCUT2D eigenvalue weighted by Gasteiger charge is -2.06. The molecule has 0 spiro atoms. The van der Waals surface area contributed by atoms with Crippen molar-refractivity contribution in [3.05, 3.63) is 29.6 Å². The normalized spacial score (nSPS) is 10.4. The van der Waals surface area contributed by atoms with Crippen LogP contribution in [0, 0.1) is 12.8 Å². The monoisotopic (exact) mass is 206 g/mol. The molecule has 1 aromatic rings. The number of carbonyl (C=O) groups excluding carboxylic acids is 1. The van der Waals surface area contributed by atoms with E-state index in [1.54, 1.807) is 12.3 Å². The summed E-state index contributed by atoms with van der Waals surface area (Å²) in [7, 11) is 0. The molecule has 0 fully saturated rings. The number of carbonyl (C=O) groups is 1. The maximum atomic E-state index is 11.6. The van der Waals surface area contributed by atoms with Crippen molar-refractivity contribution in [3.63, 3.8) is 0 Å². The third-order valence-electron chi connectivity index (χ3n) is 2.18. The van der Waals surface area contributed by atoms with Gasteiger partial charge in [0.05, 0.1) is 5.56 Å². The van der Waals surface area contributed by atoms with Gasteiger partial charge in [-0.1, -0.05) is 13.8 Å². The summed E-state index contributed by atoms with van der Waals surface area (Å²) in [5.41, 5.74) is 1.55. The van der Waals surface area contributed by atoms with Crippen LogP contribution >= 0.6 is 0 Å². The number of nitrogens with one attached hydrogen (secondary N) is 1. The molecule has 0 unspecified atom stereocenters. The number of aromatic nitrogens is 1. The summed E-state index contributed by atoms with van der Waals surface area (Å²) in [4.78, 5) is 15.7. The highest BCUT2D eigenvalue weighted by Gasteiger charge is 2.04. The van der Waals surface area contributed by atoms with E-state index in [-0.39, 0.29) is 5.91 Å². The molecule has 0 aromatic carbocycles. The van der Waals surface area contributed by atoms with Crippen molar-refractivity contribution in [2.75, 3.05) is 6.54 Å². The Kier molecular flexibility index (Phi) is 4.28. The van der Waals surface area contributed by atoms with E-state index in [0.717, 1.165) is 18.7 Å². The molecular formula is C12H18N2O. The van der Waals surface area contributed by atoms with E-state index >= 15 is 0 Å². The van der Waals surface area contributed by atoms with Crippen LogP contribution in [0.4, 0.5) is 0 Å². The van der Waals surface area contributed by atoms with E-state index in [0.29, 0.717) is 11.5 Å². The van der Waals surface area contributed by atoms with Crippen LogP contribution in [0.3, 0.4) is 0 Å².